The number of fused-ring (bicyclic) bond motifs is 1. The minimum atomic E-state index is -0.740. The van der Waals surface area contributed by atoms with Crippen molar-refractivity contribution in [3.8, 4) is 11.5 Å². The first-order valence-electron chi connectivity index (χ1n) is 8.09. The number of carbonyl (C=O) groups excluding carboxylic acids is 2. The van der Waals surface area contributed by atoms with Gasteiger partial charge in [-0.3, -0.25) is 9.59 Å². The quantitative estimate of drug-likeness (QED) is 0.579. The molecule has 1 saturated heterocycles. The van der Waals surface area contributed by atoms with Gasteiger partial charge in [-0.2, -0.15) is 0 Å². The summed E-state index contributed by atoms with van der Waals surface area (Å²) in [6.07, 6.45) is 1.28. The smallest absolute Gasteiger partial charge is 0.318 e. The zero-order valence-electron chi connectivity index (χ0n) is 13.4. The van der Waals surface area contributed by atoms with E-state index in [1.807, 2.05) is 30.3 Å². The van der Waals surface area contributed by atoms with Crippen LogP contribution in [0.25, 0.3) is 22.5 Å². The fourth-order valence-corrected chi connectivity index (χ4v) is 2.84. The molecule has 1 fully saturated rings. The number of piperidine rings is 1. The molecule has 1 aromatic carbocycles. The molecular weight excluding hydrogens is 324 g/mol. The molecule has 25 heavy (non-hydrogen) atoms. The van der Waals surface area contributed by atoms with Crippen molar-refractivity contribution in [1.82, 2.24) is 10.5 Å². The molecule has 1 N–H and O–H groups in total. The van der Waals surface area contributed by atoms with Gasteiger partial charge in [0.25, 0.3) is 0 Å². The Balaban J connectivity index is 1.43. The van der Waals surface area contributed by atoms with Gasteiger partial charge in [-0.05, 0) is 25.0 Å². The van der Waals surface area contributed by atoms with Crippen molar-refractivity contribution in [2.75, 3.05) is 6.54 Å². The number of para-hydroxylation sites is 1. The predicted molar refractivity (Wildman–Crippen MR) is 87.2 cm³/mol. The van der Waals surface area contributed by atoms with Crippen LogP contribution in [0.15, 0.2) is 45.3 Å². The molecule has 4 rings (SSSR count). The molecule has 1 aliphatic heterocycles. The Bertz CT molecular complexity index is 893. The Morgan fingerprint density at radius 3 is 3.00 bits per heavy atom. The third-order valence-electron chi connectivity index (χ3n) is 4.16. The van der Waals surface area contributed by atoms with Crippen molar-refractivity contribution >= 4 is 22.8 Å². The fraction of sp³-hybridized carbons (Fsp3) is 0.278. The second-order valence-electron chi connectivity index (χ2n) is 5.92. The molecule has 0 spiro atoms. The van der Waals surface area contributed by atoms with Crippen LogP contribution in [0, 0.1) is 5.92 Å². The van der Waals surface area contributed by atoms with Gasteiger partial charge in [0.05, 0.1) is 0 Å². The number of aromatic nitrogens is 1. The van der Waals surface area contributed by atoms with Crippen molar-refractivity contribution in [2.24, 2.45) is 5.92 Å². The number of carbonyl (C=O) groups is 2. The first-order chi connectivity index (χ1) is 12.2. The minimum Gasteiger partial charge on any atom is -0.458 e. The topological polar surface area (TPSA) is 94.6 Å². The molecule has 0 radical (unpaired) electrons. The molecule has 1 amide bonds. The number of esters is 1. The summed E-state index contributed by atoms with van der Waals surface area (Å²) in [5, 5.41) is 7.51. The average Bonchev–Trinajstić information content (AvgIpc) is 3.26. The molecule has 3 heterocycles. The minimum absolute atomic E-state index is 0.0493. The maximum atomic E-state index is 12.0. The molecule has 0 saturated carbocycles. The van der Waals surface area contributed by atoms with Gasteiger partial charge in [0.1, 0.15) is 23.8 Å². The predicted octanol–water partition coefficient (Wildman–Crippen LogP) is 2.66. The molecule has 128 valence electrons. The Morgan fingerprint density at radius 1 is 1.28 bits per heavy atom. The van der Waals surface area contributed by atoms with Crippen LogP contribution >= 0.6 is 0 Å². The molecule has 1 aliphatic rings. The number of furan rings is 1. The average molecular weight is 340 g/mol. The monoisotopic (exact) mass is 340 g/mol. The standard InChI is InChI=1S/C18H16N2O5/c21-17-13(5-3-7-19-17)18(22)23-10-12-9-16(25-20-12)15-8-11-4-1-2-6-14(11)24-15/h1-2,4,6,8-9,13H,3,5,7,10H2,(H,19,21). The van der Waals surface area contributed by atoms with Gasteiger partial charge in [-0.1, -0.05) is 23.4 Å². The van der Waals surface area contributed by atoms with Crippen LogP contribution < -0.4 is 5.32 Å². The van der Waals surface area contributed by atoms with E-state index in [9.17, 15) is 9.59 Å². The van der Waals surface area contributed by atoms with Crippen molar-refractivity contribution in [2.45, 2.75) is 19.4 Å². The van der Waals surface area contributed by atoms with Gasteiger partial charge in [0.15, 0.2) is 5.76 Å². The highest BCUT2D eigenvalue weighted by molar-refractivity contribution is 5.98. The summed E-state index contributed by atoms with van der Waals surface area (Å²) in [5.41, 5.74) is 1.21. The first kappa shape index (κ1) is 15.4. The van der Waals surface area contributed by atoms with Crippen LogP contribution in [-0.4, -0.2) is 23.6 Å². The second kappa shape index (κ2) is 6.43. The van der Waals surface area contributed by atoms with E-state index in [0.29, 0.717) is 30.2 Å². The molecule has 2 aromatic heterocycles. The lowest BCUT2D eigenvalue weighted by molar-refractivity contribution is -0.155. The van der Waals surface area contributed by atoms with Gasteiger partial charge < -0.3 is 19.0 Å². The van der Waals surface area contributed by atoms with Crippen LogP contribution in [0.5, 0.6) is 0 Å². The third-order valence-corrected chi connectivity index (χ3v) is 4.16. The van der Waals surface area contributed by atoms with Gasteiger partial charge in [0, 0.05) is 18.0 Å². The van der Waals surface area contributed by atoms with E-state index in [1.54, 1.807) is 6.07 Å². The Labute approximate surface area is 142 Å². The Hall–Kier alpha value is -3.09. The van der Waals surface area contributed by atoms with Crippen molar-refractivity contribution in [1.29, 1.82) is 0 Å². The number of hydrogen-bond donors (Lipinski definition) is 1. The number of nitrogens with zero attached hydrogens (tertiary/aromatic N) is 1. The molecule has 3 aromatic rings. The SMILES string of the molecule is O=C1NCCCC1C(=O)OCc1cc(-c2cc3ccccc3o2)on1. The molecule has 1 atom stereocenters. The summed E-state index contributed by atoms with van der Waals surface area (Å²) in [4.78, 5) is 23.7. The number of benzene rings is 1. The van der Waals surface area contributed by atoms with Crippen molar-refractivity contribution in [3.05, 3.63) is 42.1 Å². The van der Waals surface area contributed by atoms with Crippen molar-refractivity contribution < 1.29 is 23.3 Å². The number of rotatable bonds is 4. The zero-order valence-corrected chi connectivity index (χ0v) is 13.4. The van der Waals surface area contributed by atoms with E-state index >= 15 is 0 Å². The van der Waals surface area contributed by atoms with Gasteiger partial charge >= 0.3 is 5.97 Å². The largest absolute Gasteiger partial charge is 0.458 e. The van der Waals surface area contributed by atoms with E-state index in [4.69, 9.17) is 13.7 Å². The third kappa shape index (κ3) is 3.13. The van der Waals surface area contributed by atoms with E-state index in [1.165, 1.54) is 0 Å². The maximum Gasteiger partial charge on any atom is 0.318 e. The Morgan fingerprint density at radius 2 is 2.16 bits per heavy atom. The summed E-state index contributed by atoms with van der Waals surface area (Å²) in [6, 6.07) is 11.1. The number of amides is 1. The highest BCUT2D eigenvalue weighted by atomic mass is 16.5. The molecule has 7 nitrogen and oxygen atoms in total. The van der Waals surface area contributed by atoms with Gasteiger partial charge in [-0.25, -0.2) is 0 Å². The first-order valence-corrected chi connectivity index (χ1v) is 8.09. The normalized spacial score (nSPS) is 17.4. The van der Waals surface area contributed by atoms with Crippen LogP contribution in [0.2, 0.25) is 0 Å². The van der Waals surface area contributed by atoms with E-state index < -0.39 is 11.9 Å². The van der Waals surface area contributed by atoms with Gasteiger partial charge in [0.2, 0.25) is 11.7 Å². The molecule has 0 aliphatic carbocycles. The summed E-state index contributed by atoms with van der Waals surface area (Å²) in [6.45, 7) is 0.555. The van der Waals surface area contributed by atoms with E-state index in [0.717, 1.165) is 17.4 Å². The lowest BCUT2D eigenvalue weighted by Crippen LogP contribution is -2.41. The number of hydrogen-bond acceptors (Lipinski definition) is 6. The number of ether oxygens (including phenoxy) is 1. The van der Waals surface area contributed by atoms with Crippen LogP contribution in [0.4, 0.5) is 0 Å². The van der Waals surface area contributed by atoms with Crippen LogP contribution in [0.3, 0.4) is 0 Å². The van der Waals surface area contributed by atoms with Crippen molar-refractivity contribution in [3.63, 3.8) is 0 Å². The molecular formula is C18H16N2O5. The van der Waals surface area contributed by atoms with E-state index in [2.05, 4.69) is 10.5 Å². The van der Waals surface area contributed by atoms with Crippen LogP contribution in [-0.2, 0) is 20.9 Å². The molecule has 1 unspecified atom stereocenters. The van der Waals surface area contributed by atoms with Gasteiger partial charge in [-0.15, -0.1) is 0 Å². The lowest BCUT2D eigenvalue weighted by atomic mass is 9.99. The lowest BCUT2D eigenvalue weighted by Gasteiger charge is -2.19. The van der Waals surface area contributed by atoms with E-state index in [-0.39, 0.29) is 12.5 Å². The zero-order chi connectivity index (χ0) is 17.2. The maximum absolute atomic E-state index is 12.0. The van der Waals surface area contributed by atoms with Crippen LogP contribution in [0.1, 0.15) is 18.5 Å². The summed E-state index contributed by atoms with van der Waals surface area (Å²) < 4.78 is 16.2. The second-order valence-corrected chi connectivity index (χ2v) is 5.92. The Kier molecular flexibility index (Phi) is 3.97. The highest BCUT2D eigenvalue weighted by Gasteiger charge is 2.30. The molecule has 0 bridgehead atoms. The fourth-order valence-electron chi connectivity index (χ4n) is 2.84. The number of nitrogens with one attached hydrogen (secondary N) is 1. The summed E-state index contributed by atoms with van der Waals surface area (Å²) >= 11 is 0. The highest BCUT2D eigenvalue weighted by Crippen LogP contribution is 2.28. The molecule has 7 heteroatoms. The summed E-state index contributed by atoms with van der Waals surface area (Å²) in [7, 11) is 0. The summed E-state index contributed by atoms with van der Waals surface area (Å²) in [5.74, 6) is -0.545.